The molecule has 0 aliphatic rings. The van der Waals surface area contributed by atoms with Gasteiger partial charge in [0.2, 0.25) is 0 Å². The van der Waals surface area contributed by atoms with Crippen molar-refractivity contribution in [1.29, 1.82) is 0 Å². The van der Waals surface area contributed by atoms with Crippen molar-refractivity contribution in [3.05, 3.63) is 103 Å². The maximum Gasteiger partial charge on any atom is 0.136 e. The fraction of sp³-hybridized carbons (Fsp3) is 0. The molecule has 8 rings (SSSR count). The largest absolute Gasteiger partial charge is 0.456 e. The van der Waals surface area contributed by atoms with Gasteiger partial charge in [-0.05, 0) is 72.8 Å². The van der Waals surface area contributed by atoms with Crippen molar-refractivity contribution in [2.45, 2.75) is 0 Å². The number of rotatable bonds is 2. The van der Waals surface area contributed by atoms with E-state index in [2.05, 4.69) is 66.7 Å². The van der Waals surface area contributed by atoms with E-state index in [1.165, 1.54) is 0 Å². The third-order valence-electron chi connectivity index (χ3n) is 8.51. The zero-order valence-corrected chi connectivity index (χ0v) is 22.6. The Bertz CT molecular complexity index is 2340. The van der Waals surface area contributed by atoms with Crippen molar-refractivity contribution in [3.63, 3.8) is 0 Å². The van der Waals surface area contributed by atoms with Gasteiger partial charge in [-0.2, -0.15) is 0 Å². The van der Waals surface area contributed by atoms with Crippen LogP contribution in [0.25, 0.3) is 76.5 Å². The Balaban J connectivity index is 1.56. The summed E-state index contributed by atoms with van der Waals surface area (Å²) in [5.74, 6) is 0. The molecule has 0 aliphatic heterocycles. The second kappa shape index (κ2) is 9.23. The predicted molar refractivity (Wildman–Crippen MR) is 184 cm³/mol. The average Bonchev–Trinajstić information content (AvgIpc) is 3.39. The van der Waals surface area contributed by atoms with Gasteiger partial charge in [-0.15, -0.1) is 16.4 Å². The molecule has 0 amide bonds. The molecule has 182 valence electrons. The maximum absolute atomic E-state index is 6.63. The molecule has 0 fully saturated rings. The van der Waals surface area contributed by atoms with E-state index in [9.17, 15) is 0 Å². The van der Waals surface area contributed by atoms with E-state index < -0.39 is 0 Å². The van der Waals surface area contributed by atoms with Crippen LogP contribution >= 0.6 is 0 Å². The Morgan fingerprint density at radius 2 is 0.881 bits per heavy atom. The van der Waals surface area contributed by atoms with Gasteiger partial charge in [0.15, 0.2) is 0 Å². The fourth-order valence-electron chi connectivity index (χ4n) is 6.53. The first-order chi connectivity index (χ1) is 20.4. The Labute approximate surface area is 250 Å². The van der Waals surface area contributed by atoms with Crippen molar-refractivity contribution in [1.82, 2.24) is 0 Å². The third kappa shape index (κ3) is 3.45. The smallest absolute Gasteiger partial charge is 0.136 e. The third-order valence-corrected chi connectivity index (χ3v) is 8.51. The molecular formula is C36H17B5O. The Morgan fingerprint density at radius 3 is 1.48 bits per heavy atom. The Kier molecular flexibility index (Phi) is 5.53. The molecule has 8 aromatic rings. The van der Waals surface area contributed by atoms with E-state index >= 15 is 0 Å². The zero-order valence-electron chi connectivity index (χ0n) is 22.6. The van der Waals surface area contributed by atoms with Crippen LogP contribution in [0.1, 0.15) is 0 Å². The molecule has 0 spiro atoms. The van der Waals surface area contributed by atoms with Crippen LogP contribution in [0.5, 0.6) is 0 Å². The van der Waals surface area contributed by atoms with E-state index in [0.29, 0.717) is 16.5 Å². The number of fused-ring (bicyclic) bond motifs is 6. The molecule has 7 aromatic carbocycles. The van der Waals surface area contributed by atoms with Crippen LogP contribution in [-0.2, 0) is 0 Å². The average molecular weight is 520 g/mol. The summed E-state index contributed by atoms with van der Waals surface area (Å²) in [6, 6.07) is 35.5. The molecule has 10 radical (unpaired) electrons. The van der Waals surface area contributed by atoms with E-state index in [1.807, 2.05) is 36.4 Å². The van der Waals surface area contributed by atoms with Crippen LogP contribution in [0.4, 0.5) is 0 Å². The minimum atomic E-state index is 0.199. The van der Waals surface area contributed by atoms with Crippen molar-refractivity contribution in [3.8, 4) is 22.3 Å². The van der Waals surface area contributed by atoms with Crippen molar-refractivity contribution < 1.29 is 4.42 Å². The molecule has 1 aromatic heterocycles. The molecule has 0 bridgehead atoms. The normalized spacial score (nSPS) is 11.8. The number of hydrogen-bond donors (Lipinski definition) is 0. The van der Waals surface area contributed by atoms with Crippen LogP contribution in [0, 0.1) is 0 Å². The molecular weight excluding hydrogens is 502 g/mol. The predicted octanol–water partition coefficient (Wildman–Crippen LogP) is 4.35. The van der Waals surface area contributed by atoms with Gasteiger partial charge in [0.1, 0.15) is 50.4 Å². The molecule has 1 nitrogen and oxygen atoms in total. The van der Waals surface area contributed by atoms with Gasteiger partial charge in [0.25, 0.3) is 0 Å². The molecule has 0 unspecified atom stereocenters. The van der Waals surface area contributed by atoms with E-state index in [4.69, 9.17) is 43.6 Å². The highest BCUT2D eigenvalue weighted by atomic mass is 16.3. The summed E-state index contributed by atoms with van der Waals surface area (Å²) in [5, 5.41) is 8.49. The SMILES string of the molecule is [B]c1c([B])c([B])c(-c2c3ccccc3c(-c3cccc4oc5cc6ccccc6cc5c34)c3ccccc23)c([B])c1[B]. The molecule has 0 N–H and O–H groups in total. The van der Waals surface area contributed by atoms with Crippen molar-refractivity contribution >= 4 is 121 Å². The summed E-state index contributed by atoms with van der Waals surface area (Å²) in [6.07, 6.45) is 0. The minimum absolute atomic E-state index is 0.199. The number of furan rings is 1. The van der Waals surface area contributed by atoms with Crippen LogP contribution in [0.2, 0.25) is 0 Å². The van der Waals surface area contributed by atoms with Crippen LogP contribution in [-0.4, -0.2) is 39.2 Å². The maximum atomic E-state index is 6.63. The fourth-order valence-corrected chi connectivity index (χ4v) is 6.53. The van der Waals surface area contributed by atoms with Gasteiger partial charge in [0, 0.05) is 10.8 Å². The standard InChI is InChI=1S/C36H17B5O/c37-32-31(33(38)35(40)36(41)34(32)39)30-22-12-5-3-10-20(22)28(21-11-4-6-13-23(21)30)24-14-7-15-26-29(24)25-16-18-8-1-2-9-19(18)17-27(25)42-26/h1-17H. The first kappa shape index (κ1) is 25.2. The highest BCUT2D eigenvalue weighted by molar-refractivity contribution is 6.69. The Morgan fingerprint density at radius 1 is 0.381 bits per heavy atom. The lowest BCUT2D eigenvalue weighted by molar-refractivity contribution is 0.669. The lowest BCUT2D eigenvalue weighted by Crippen LogP contribution is -2.55. The van der Waals surface area contributed by atoms with E-state index in [1.54, 1.807) is 0 Å². The first-order valence-electron chi connectivity index (χ1n) is 13.7. The summed E-state index contributed by atoms with van der Waals surface area (Å²) in [7, 11) is 32.1. The molecule has 0 saturated heterocycles. The molecule has 42 heavy (non-hydrogen) atoms. The van der Waals surface area contributed by atoms with Gasteiger partial charge in [-0.1, -0.05) is 95.9 Å². The van der Waals surface area contributed by atoms with E-state index in [0.717, 1.165) is 70.9 Å². The minimum Gasteiger partial charge on any atom is -0.456 e. The monoisotopic (exact) mass is 520 g/mol. The van der Waals surface area contributed by atoms with Gasteiger partial charge in [0.05, 0.1) is 0 Å². The van der Waals surface area contributed by atoms with Crippen LogP contribution in [0.3, 0.4) is 0 Å². The van der Waals surface area contributed by atoms with Crippen molar-refractivity contribution in [2.24, 2.45) is 0 Å². The second-order valence-electron chi connectivity index (χ2n) is 10.8. The molecule has 1 heterocycles. The molecule has 0 aliphatic carbocycles. The molecule has 0 saturated carbocycles. The van der Waals surface area contributed by atoms with Crippen LogP contribution < -0.4 is 27.3 Å². The second-order valence-corrected chi connectivity index (χ2v) is 10.8. The van der Waals surface area contributed by atoms with E-state index in [-0.39, 0.29) is 16.4 Å². The van der Waals surface area contributed by atoms with Crippen LogP contribution in [0.15, 0.2) is 108 Å². The summed E-state index contributed by atoms with van der Waals surface area (Å²) in [4.78, 5) is 0. The Hall–Kier alpha value is -4.56. The highest BCUT2D eigenvalue weighted by Crippen LogP contribution is 2.46. The highest BCUT2D eigenvalue weighted by Gasteiger charge is 2.22. The molecule has 0 atom stereocenters. The summed E-state index contributed by atoms with van der Waals surface area (Å²) >= 11 is 0. The van der Waals surface area contributed by atoms with Gasteiger partial charge in [-0.25, -0.2) is 0 Å². The summed E-state index contributed by atoms with van der Waals surface area (Å²) in [5.41, 5.74) is 6.63. The van der Waals surface area contributed by atoms with Crippen molar-refractivity contribution in [2.75, 3.05) is 0 Å². The van der Waals surface area contributed by atoms with Gasteiger partial charge < -0.3 is 4.42 Å². The number of hydrogen-bond acceptors (Lipinski definition) is 1. The number of benzene rings is 7. The topological polar surface area (TPSA) is 13.1 Å². The lowest BCUT2D eigenvalue weighted by atomic mass is 9.59. The summed E-state index contributed by atoms with van der Waals surface area (Å²) < 4.78 is 6.44. The summed E-state index contributed by atoms with van der Waals surface area (Å²) in [6.45, 7) is 0. The lowest BCUT2D eigenvalue weighted by Gasteiger charge is -2.25. The first-order valence-corrected chi connectivity index (χ1v) is 13.7. The van der Waals surface area contributed by atoms with Gasteiger partial charge >= 0.3 is 0 Å². The zero-order chi connectivity index (χ0) is 28.7. The van der Waals surface area contributed by atoms with Gasteiger partial charge in [-0.3, -0.25) is 0 Å². The quantitative estimate of drug-likeness (QED) is 0.245. The molecule has 6 heteroatoms.